The average Bonchev–Trinajstić information content (AvgIpc) is 3.12. The predicted molar refractivity (Wildman–Crippen MR) is 103 cm³/mol. The van der Waals surface area contributed by atoms with Crippen molar-refractivity contribution in [2.24, 2.45) is 0 Å². The van der Waals surface area contributed by atoms with E-state index in [0.29, 0.717) is 16.1 Å². The van der Waals surface area contributed by atoms with E-state index in [-0.39, 0.29) is 14.5 Å². The third kappa shape index (κ3) is 3.67. The predicted octanol–water partition coefficient (Wildman–Crippen LogP) is 3.20. The second-order valence-electron chi connectivity index (χ2n) is 5.67. The van der Waals surface area contributed by atoms with Crippen LogP contribution in [-0.2, 0) is 0 Å². The molecule has 8 heteroatoms. The number of pyridine rings is 1. The molecule has 0 radical (unpaired) electrons. The van der Waals surface area contributed by atoms with Crippen LogP contribution in [0.4, 0.5) is 11.5 Å². The Hall–Kier alpha value is -3.22. The van der Waals surface area contributed by atoms with Crippen LogP contribution in [0.1, 0.15) is 9.23 Å². The number of aromatic carboxylic acids is 1. The fourth-order valence-electron chi connectivity index (χ4n) is 2.61. The molecule has 3 aromatic heterocycles. The van der Waals surface area contributed by atoms with Gasteiger partial charge in [0.05, 0.1) is 7.11 Å². The molecule has 7 nitrogen and oxygen atoms in total. The monoisotopic (exact) mass is 426 g/mol. The number of fused-ring (bicyclic) bond motifs is 1. The van der Waals surface area contributed by atoms with Gasteiger partial charge in [-0.05, 0) is 0 Å². The molecule has 0 aliphatic carbocycles. The summed E-state index contributed by atoms with van der Waals surface area (Å²) in [5.41, 5.74) is 2.43. The third-order valence-electron chi connectivity index (χ3n) is 3.91. The van der Waals surface area contributed by atoms with E-state index in [4.69, 9.17) is 9.84 Å². The fraction of sp³-hybridized carbons (Fsp3) is 0.0526. The summed E-state index contributed by atoms with van der Waals surface area (Å²) in [7, 11) is 1.57. The number of carboxylic acid groups (broad SMARTS) is 1. The molecule has 2 N–H and O–H groups in total. The number of nitrogens with zero attached hydrogens (tertiary/aromatic N) is 3. The summed E-state index contributed by atoms with van der Waals surface area (Å²) >= 11 is -0.150. The number of carbonyl (C=O) groups is 1. The molecule has 0 amide bonds. The zero-order chi connectivity index (χ0) is 18.8. The topological polar surface area (TPSA) is 97.2 Å². The Bertz CT molecular complexity index is 1130. The van der Waals surface area contributed by atoms with Crippen LogP contribution in [0.2, 0.25) is 0 Å². The summed E-state index contributed by atoms with van der Waals surface area (Å²) in [6.45, 7) is 0. The van der Waals surface area contributed by atoms with Crippen molar-refractivity contribution in [2.75, 3.05) is 12.4 Å². The van der Waals surface area contributed by atoms with Gasteiger partial charge in [0.1, 0.15) is 0 Å². The molecule has 3 heterocycles. The summed E-state index contributed by atoms with van der Waals surface area (Å²) in [4.78, 5) is 23.9. The normalized spacial score (nSPS) is 10.7. The van der Waals surface area contributed by atoms with Gasteiger partial charge >= 0.3 is 148 Å². The molecule has 0 saturated heterocycles. The van der Waals surface area contributed by atoms with E-state index in [1.54, 1.807) is 25.4 Å². The standard InChI is InChI=1S/C19H14N4O3Se/c1-26-18-5-2-11(9-20-18)14-8-17(22-10-21-14)23-13-3-4-15-12(6-13)7-16(27-15)19(24)25/h2-10H,1H3,(H,24,25)(H,21,22,23). The number of benzene rings is 1. The van der Waals surface area contributed by atoms with Crippen LogP contribution in [0.5, 0.6) is 5.88 Å². The molecule has 4 aromatic rings. The minimum atomic E-state index is -0.853. The van der Waals surface area contributed by atoms with Crippen LogP contribution in [0.3, 0.4) is 0 Å². The Labute approximate surface area is 160 Å². The summed E-state index contributed by atoms with van der Waals surface area (Å²) in [5.74, 6) is 0.329. The van der Waals surface area contributed by atoms with Crippen molar-refractivity contribution in [1.29, 1.82) is 0 Å². The van der Waals surface area contributed by atoms with Gasteiger partial charge in [0.15, 0.2) is 0 Å². The first kappa shape index (κ1) is 17.2. The Morgan fingerprint density at radius 3 is 2.74 bits per heavy atom. The fourth-order valence-corrected chi connectivity index (χ4v) is 4.46. The van der Waals surface area contributed by atoms with Gasteiger partial charge in [-0.1, -0.05) is 0 Å². The molecule has 1 aromatic carbocycles. The van der Waals surface area contributed by atoms with Crippen molar-refractivity contribution in [3.05, 3.63) is 59.4 Å². The molecular formula is C19H14N4O3Se. The molecule has 0 aliphatic rings. The number of methoxy groups -OCH3 is 1. The van der Waals surface area contributed by atoms with E-state index in [9.17, 15) is 4.79 Å². The number of nitrogens with one attached hydrogen (secondary N) is 1. The number of hydrogen-bond donors (Lipinski definition) is 2. The van der Waals surface area contributed by atoms with Gasteiger partial charge in [0.2, 0.25) is 0 Å². The van der Waals surface area contributed by atoms with Crippen LogP contribution in [-0.4, -0.2) is 47.6 Å². The van der Waals surface area contributed by atoms with Gasteiger partial charge in [-0.15, -0.1) is 0 Å². The zero-order valence-electron chi connectivity index (χ0n) is 14.2. The molecule has 0 unspecified atom stereocenters. The summed E-state index contributed by atoms with van der Waals surface area (Å²) < 4.78 is 6.60. The van der Waals surface area contributed by atoms with Gasteiger partial charge < -0.3 is 4.74 Å². The van der Waals surface area contributed by atoms with Gasteiger partial charge in [-0.2, -0.15) is 0 Å². The zero-order valence-corrected chi connectivity index (χ0v) is 15.9. The first-order valence-electron chi connectivity index (χ1n) is 7.99. The van der Waals surface area contributed by atoms with Gasteiger partial charge in [-0.3, -0.25) is 0 Å². The van der Waals surface area contributed by atoms with Crippen molar-refractivity contribution < 1.29 is 14.6 Å². The van der Waals surface area contributed by atoms with E-state index in [2.05, 4.69) is 20.3 Å². The van der Waals surface area contributed by atoms with Crippen molar-refractivity contribution in [3.63, 3.8) is 0 Å². The van der Waals surface area contributed by atoms with E-state index in [1.165, 1.54) is 6.33 Å². The number of carboxylic acids is 1. The summed E-state index contributed by atoms with van der Waals surface area (Å²) in [6.07, 6.45) is 3.18. The van der Waals surface area contributed by atoms with Crippen molar-refractivity contribution in [2.45, 2.75) is 0 Å². The van der Waals surface area contributed by atoms with Crippen LogP contribution >= 0.6 is 0 Å². The molecule has 0 saturated carbocycles. The number of aromatic nitrogens is 3. The molecule has 0 aliphatic heterocycles. The third-order valence-corrected chi connectivity index (χ3v) is 6.22. The second kappa shape index (κ2) is 7.19. The summed E-state index contributed by atoms with van der Waals surface area (Å²) in [5, 5.41) is 13.3. The number of rotatable bonds is 5. The van der Waals surface area contributed by atoms with Gasteiger partial charge in [-0.25, -0.2) is 0 Å². The molecule has 4 rings (SSSR count). The van der Waals surface area contributed by atoms with Crippen molar-refractivity contribution in [1.82, 2.24) is 15.0 Å². The maximum absolute atomic E-state index is 11.2. The van der Waals surface area contributed by atoms with Gasteiger partial charge in [0, 0.05) is 0 Å². The maximum atomic E-state index is 11.2. The van der Waals surface area contributed by atoms with E-state index in [1.807, 2.05) is 30.3 Å². The SMILES string of the molecule is COc1ccc(-c2cc(Nc3ccc4[se]c(C(=O)O)cc4c3)ncn2)cn1. The van der Waals surface area contributed by atoms with Crippen molar-refractivity contribution >= 4 is 41.6 Å². The molecule has 0 atom stereocenters. The molecule has 134 valence electrons. The van der Waals surface area contributed by atoms with Gasteiger partial charge in [0.25, 0.3) is 0 Å². The average molecular weight is 425 g/mol. The molecule has 0 bridgehead atoms. The minimum absolute atomic E-state index is 0.150. The van der Waals surface area contributed by atoms with Crippen molar-refractivity contribution in [3.8, 4) is 17.1 Å². The van der Waals surface area contributed by atoms with Crippen LogP contribution < -0.4 is 10.1 Å². The number of hydrogen-bond acceptors (Lipinski definition) is 6. The number of ether oxygens (including phenoxy) is 1. The first-order valence-corrected chi connectivity index (χ1v) is 9.70. The quantitative estimate of drug-likeness (QED) is 0.474. The second-order valence-corrected chi connectivity index (χ2v) is 7.94. The van der Waals surface area contributed by atoms with Crippen LogP contribution in [0.15, 0.2) is 55.0 Å². The summed E-state index contributed by atoms with van der Waals surface area (Å²) in [6, 6.07) is 13.0. The Kier molecular flexibility index (Phi) is 4.58. The van der Waals surface area contributed by atoms with Crippen LogP contribution in [0.25, 0.3) is 20.9 Å². The Balaban J connectivity index is 1.60. The molecule has 27 heavy (non-hydrogen) atoms. The van der Waals surface area contributed by atoms with E-state index < -0.39 is 5.97 Å². The number of anilines is 2. The van der Waals surface area contributed by atoms with Crippen LogP contribution in [0, 0.1) is 0 Å². The van der Waals surface area contributed by atoms with E-state index >= 15 is 0 Å². The Morgan fingerprint density at radius 2 is 2.00 bits per heavy atom. The first-order chi connectivity index (χ1) is 13.1. The Morgan fingerprint density at radius 1 is 1.11 bits per heavy atom. The van der Waals surface area contributed by atoms with E-state index in [0.717, 1.165) is 26.6 Å². The molecular weight excluding hydrogens is 411 g/mol. The molecule has 0 fully saturated rings. The molecule has 0 spiro atoms.